The molecule has 0 aromatic heterocycles. The Bertz CT molecular complexity index is 421. The third-order valence-electron chi connectivity index (χ3n) is 3.77. The first kappa shape index (κ1) is 13.9. The fraction of sp³-hybridized carbons (Fsp3) is 0.600. The summed E-state index contributed by atoms with van der Waals surface area (Å²) in [6, 6.07) is 6.61. The molecule has 2 atom stereocenters. The van der Waals surface area contributed by atoms with Crippen LogP contribution in [0.1, 0.15) is 36.8 Å². The van der Waals surface area contributed by atoms with Crippen LogP contribution in [-0.4, -0.2) is 22.5 Å². The van der Waals surface area contributed by atoms with E-state index in [1.165, 1.54) is 22.4 Å². The Morgan fingerprint density at radius 3 is 2.89 bits per heavy atom. The number of hydrogen-bond donors (Lipinski definition) is 2. The van der Waals surface area contributed by atoms with E-state index in [0.29, 0.717) is 5.25 Å². The average molecular weight is 265 g/mol. The number of aliphatic hydroxyl groups is 1. The van der Waals surface area contributed by atoms with Gasteiger partial charge in [0.25, 0.3) is 0 Å². The lowest BCUT2D eigenvalue weighted by Gasteiger charge is -2.36. The molecule has 0 heterocycles. The molecule has 2 unspecified atom stereocenters. The molecule has 1 aliphatic carbocycles. The van der Waals surface area contributed by atoms with Gasteiger partial charge < -0.3 is 10.8 Å². The highest BCUT2D eigenvalue weighted by molar-refractivity contribution is 8.00. The summed E-state index contributed by atoms with van der Waals surface area (Å²) in [5, 5.41) is 9.93. The smallest absolute Gasteiger partial charge is 0.0611 e. The highest BCUT2D eigenvalue weighted by atomic mass is 32.2. The van der Waals surface area contributed by atoms with Gasteiger partial charge in [-0.05, 0) is 44.7 Å². The van der Waals surface area contributed by atoms with Crippen LogP contribution in [0.3, 0.4) is 0 Å². The van der Waals surface area contributed by atoms with Crippen LogP contribution in [0.5, 0.6) is 0 Å². The third kappa shape index (κ3) is 3.28. The maximum absolute atomic E-state index is 9.39. The molecule has 0 bridgehead atoms. The van der Waals surface area contributed by atoms with Crippen LogP contribution in [0, 0.1) is 13.8 Å². The zero-order chi connectivity index (χ0) is 13.2. The molecule has 1 aromatic carbocycles. The molecule has 0 radical (unpaired) electrons. The molecule has 2 nitrogen and oxygen atoms in total. The van der Waals surface area contributed by atoms with Crippen molar-refractivity contribution in [3.63, 3.8) is 0 Å². The summed E-state index contributed by atoms with van der Waals surface area (Å²) in [4.78, 5) is 1.35. The maximum Gasteiger partial charge on any atom is 0.0611 e. The van der Waals surface area contributed by atoms with Gasteiger partial charge in [0, 0.05) is 15.7 Å². The molecule has 100 valence electrons. The van der Waals surface area contributed by atoms with Crippen molar-refractivity contribution in [3.8, 4) is 0 Å². The Labute approximate surface area is 114 Å². The first-order valence-electron chi connectivity index (χ1n) is 6.66. The van der Waals surface area contributed by atoms with E-state index in [1.807, 2.05) is 11.8 Å². The standard InChI is InChI=1S/C15H23NOS/c1-11-5-6-14(12(2)8-11)18-13-4-3-7-15(16,9-13)10-17/h5-6,8,13,17H,3-4,7,9-10,16H2,1-2H3. The topological polar surface area (TPSA) is 46.2 Å². The van der Waals surface area contributed by atoms with E-state index in [9.17, 15) is 5.11 Å². The van der Waals surface area contributed by atoms with Gasteiger partial charge in [0.15, 0.2) is 0 Å². The highest BCUT2D eigenvalue weighted by Crippen LogP contribution is 2.38. The maximum atomic E-state index is 9.39. The van der Waals surface area contributed by atoms with Gasteiger partial charge in [-0.1, -0.05) is 24.1 Å². The number of nitrogens with two attached hydrogens (primary N) is 1. The van der Waals surface area contributed by atoms with Gasteiger partial charge in [0.05, 0.1) is 6.61 Å². The highest BCUT2D eigenvalue weighted by Gasteiger charge is 2.32. The van der Waals surface area contributed by atoms with E-state index in [0.717, 1.165) is 19.3 Å². The first-order chi connectivity index (χ1) is 8.52. The van der Waals surface area contributed by atoms with Gasteiger partial charge in [-0.15, -0.1) is 11.8 Å². The van der Waals surface area contributed by atoms with E-state index >= 15 is 0 Å². The summed E-state index contributed by atoms with van der Waals surface area (Å²) < 4.78 is 0. The van der Waals surface area contributed by atoms with Crippen LogP contribution in [0.25, 0.3) is 0 Å². The van der Waals surface area contributed by atoms with Crippen molar-refractivity contribution in [2.45, 2.75) is 55.2 Å². The molecule has 18 heavy (non-hydrogen) atoms. The number of hydrogen-bond acceptors (Lipinski definition) is 3. The number of rotatable bonds is 3. The minimum absolute atomic E-state index is 0.108. The Kier molecular flexibility index (Phi) is 4.36. The lowest BCUT2D eigenvalue weighted by atomic mass is 9.83. The van der Waals surface area contributed by atoms with E-state index < -0.39 is 0 Å². The predicted molar refractivity (Wildman–Crippen MR) is 78.0 cm³/mol. The Morgan fingerprint density at radius 1 is 1.44 bits per heavy atom. The number of benzene rings is 1. The fourth-order valence-corrected chi connectivity index (χ4v) is 4.14. The van der Waals surface area contributed by atoms with Crippen molar-refractivity contribution in [2.75, 3.05) is 6.61 Å². The van der Waals surface area contributed by atoms with Crippen molar-refractivity contribution in [3.05, 3.63) is 29.3 Å². The molecular formula is C15H23NOS. The van der Waals surface area contributed by atoms with Gasteiger partial charge in [0.1, 0.15) is 0 Å². The van der Waals surface area contributed by atoms with Crippen molar-refractivity contribution < 1.29 is 5.11 Å². The first-order valence-corrected chi connectivity index (χ1v) is 7.54. The van der Waals surface area contributed by atoms with Crippen molar-refractivity contribution in [2.24, 2.45) is 5.73 Å². The van der Waals surface area contributed by atoms with Gasteiger partial charge in [-0.3, -0.25) is 0 Å². The van der Waals surface area contributed by atoms with Crippen LogP contribution in [0.4, 0.5) is 0 Å². The molecular weight excluding hydrogens is 242 g/mol. The van der Waals surface area contributed by atoms with Crippen LogP contribution in [0.2, 0.25) is 0 Å². The second kappa shape index (κ2) is 5.64. The molecule has 2 rings (SSSR count). The monoisotopic (exact) mass is 265 g/mol. The molecule has 0 spiro atoms. The van der Waals surface area contributed by atoms with Gasteiger partial charge in [-0.2, -0.15) is 0 Å². The molecule has 1 fully saturated rings. The molecule has 0 amide bonds. The largest absolute Gasteiger partial charge is 0.394 e. The van der Waals surface area contributed by atoms with Crippen LogP contribution in [-0.2, 0) is 0 Å². The predicted octanol–water partition coefficient (Wildman–Crippen LogP) is 3.03. The second-order valence-corrected chi connectivity index (χ2v) is 6.97. The normalized spacial score (nSPS) is 28.3. The SMILES string of the molecule is Cc1ccc(SC2CCCC(N)(CO)C2)c(C)c1. The minimum atomic E-state index is -0.353. The summed E-state index contributed by atoms with van der Waals surface area (Å²) in [6.07, 6.45) is 4.20. The molecule has 0 aliphatic heterocycles. The average Bonchev–Trinajstić information content (AvgIpc) is 2.33. The van der Waals surface area contributed by atoms with Gasteiger partial charge >= 0.3 is 0 Å². The summed E-state index contributed by atoms with van der Waals surface area (Å²) >= 11 is 1.93. The zero-order valence-corrected chi connectivity index (χ0v) is 12.1. The molecule has 3 N–H and O–H groups in total. The Hall–Kier alpha value is -0.510. The quantitative estimate of drug-likeness (QED) is 0.883. The van der Waals surface area contributed by atoms with Gasteiger partial charge in [0.2, 0.25) is 0 Å². The van der Waals surface area contributed by atoms with Crippen molar-refractivity contribution >= 4 is 11.8 Å². The molecule has 1 aromatic rings. The minimum Gasteiger partial charge on any atom is -0.394 e. The van der Waals surface area contributed by atoms with Crippen molar-refractivity contribution in [1.82, 2.24) is 0 Å². The summed E-state index contributed by atoms with van der Waals surface area (Å²) in [5.41, 5.74) is 8.50. The van der Waals surface area contributed by atoms with Gasteiger partial charge in [-0.25, -0.2) is 0 Å². The number of thioether (sulfide) groups is 1. The lowest BCUT2D eigenvalue weighted by molar-refractivity contribution is 0.159. The summed E-state index contributed by atoms with van der Waals surface area (Å²) in [6.45, 7) is 4.40. The molecule has 1 aliphatic rings. The van der Waals surface area contributed by atoms with Crippen LogP contribution >= 0.6 is 11.8 Å². The zero-order valence-electron chi connectivity index (χ0n) is 11.3. The van der Waals surface area contributed by atoms with E-state index in [2.05, 4.69) is 32.0 Å². The van der Waals surface area contributed by atoms with Crippen LogP contribution < -0.4 is 5.73 Å². The van der Waals surface area contributed by atoms with E-state index in [1.54, 1.807) is 0 Å². The molecule has 1 saturated carbocycles. The number of aliphatic hydroxyl groups excluding tert-OH is 1. The molecule has 3 heteroatoms. The second-order valence-electron chi connectivity index (χ2n) is 5.63. The lowest BCUT2D eigenvalue weighted by Crippen LogP contribution is -2.48. The summed E-state index contributed by atoms with van der Waals surface area (Å²) in [5.74, 6) is 0. The number of aryl methyl sites for hydroxylation is 2. The van der Waals surface area contributed by atoms with E-state index in [4.69, 9.17) is 5.73 Å². The fourth-order valence-electron chi connectivity index (χ4n) is 2.69. The van der Waals surface area contributed by atoms with Crippen molar-refractivity contribution in [1.29, 1.82) is 0 Å². The molecule has 0 saturated heterocycles. The third-order valence-corrected chi connectivity index (χ3v) is 5.22. The Balaban J connectivity index is 2.05. The van der Waals surface area contributed by atoms with Crippen LogP contribution in [0.15, 0.2) is 23.1 Å². The summed E-state index contributed by atoms with van der Waals surface area (Å²) in [7, 11) is 0. The Morgan fingerprint density at radius 2 is 2.22 bits per heavy atom. The van der Waals surface area contributed by atoms with E-state index in [-0.39, 0.29) is 12.1 Å².